The van der Waals surface area contributed by atoms with Gasteiger partial charge < -0.3 is 14.6 Å². The Morgan fingerprint density at radius 1 is 1.12 bits per heavy atom. The molecule has 0 aliphatic rings. The molecule has 0 bridgehead atoms. The zero-order valence-corrected chi connectivity index (χ0v) is 20.7. The number of carbonyl (C=O) groups is 1. The van der Waals surface area contributed by atoms with Gasteiger partial charge in [-0.15, -0.1) is 0 Å². The van der Waals surface area contributed by atoms with Gasteiger partial charge in [0.15, 0.2) is 5.69 Å². The molecule has 0 saturated carbocycles. The van der Waals surface area contributed by atoms with Crippen molar-refractivity contribution in [2.24, 2.45) is 0 Å². The van der Waals surface area contributed by atoms with Gasteiger partial charge in [-0.3, -0.25) is 9.48 Å². The van der Waals surface area contributed by atoms with Crippen LogP contribution in [0.4, 0.5) is 5.69 Å². The zero-order chi connectivity index (χ0) is 24.4. The molecule has 0 aliphatic heterocycles. The number of halogens is 1. The van der Waals surface area contributed by atoms with E-state index in [0.717, 1.165) is 28.1 Å². The minimum atomic E-state index is -0.370. The van der Waals surface area contributed by atoms with E-state index in [0.29, 0.717) is 34.3 Å². The fourth-order valence-electron chi connectivity index (χ4n) is 3.78. The van der Waals surface area contributed by atoms with Crippen LogP contribution in [-0.4, -0.2) is 20.8 Å². The molecule has 1 amide bonds. The van der Waals surface area contributed by atoms with Crippen molar-refractivity contribution < 1.29 is 14.1 Å². The summed E-state index contributed by atoms with van der Waals surface area (Å²) in [6.07, 6.45) is 0. The molecule has 0 fully saturated rings. The maximum absolute atomic E-state index is 13.2. The third-order valence-corrected chi connectivity index (χ3v) is 6.20. The summed E-state index contributed by atoms with van der Waals surface area (Å²) in [6, 6.07) is 13.5. The summed E-state index contributed by atoms with van der Waals surface area (Å²) in [7, 11) is 0. The summed E-state index contributed by atoms with van der Waals surface area (Å²) in [4.78, 5) is 13.2. The first-order valence-corrected chi connectivity index (χ1v) is 11.4. The zero-order valence-electron chi connectivity index (χ0n) is 19.9. The molecule has 176 valence electrons. The van der Waals surface area contributed by atoms with E-state index in [1.54, 1.807) is 6.92 Å². The number of aromatic nitrogens is 3. The lowest BCUT2D eigenvalue weighted by atomic mass is 10.1. The Balaban J connectivity index is 1.52. The van der Waals surface area contributed by atoms with Gasteiger partial charge in [-0.05, 0) is 69.5 Å². The largest absolute Gasteiger partial charge is 0.488 e. The second-order valence-corrected chi connectivity index (χ2v) is 8.78. The maximum Gasteiger partial charge on any atom is 0.278 e. The monoisotopic (exact) mass is 478 g/mol. The van der Waals surface area contributed by atoms with Gasteiger partial charge in [0.1, 0.15) is 18.1 Å². The molecule has 0 atom stereocenters. The smallest absolute Gasteiger partial charge is 0.278 e. The number of carbonyl (C=O) groups excluding carboxylic acids is 1. The van der Waals surface area contributed by atoms with Gasteiger partial charge in [-0.25, -0.2) is 0 Å². The standard InChI is InChI=1S/C26H27ClN4O3/c1-15-8-6-11-23(16(15)2)33-14-22-19(5)34-30-25(22)26(32)28-24-17(3)29-31(18(24)4)13-20-9-7-10-21(27)12-20/h6-12H,13-14H2,1-5H3,(H,28,32). The van der Waals surface area contributed by atoms with Crippen LogP contribution in [0.15, 0.2) is 47.0 Å². The van der Waals surface area contributed by atoms with Crippen LogP contribution in [0.2, 0.25) is 5.02 Å². The average molecular weight is 479 g/mol. The number of ether oxygens (including phenoxy) is 1. The van der Waals surface area contributed by atoms with Gasteiger partial charge in [-0.1, -0.05) is 41.0 Å². The van der Waals surface area contributed by atoms with Crippen molar-refractivity contribution in [1.29, 1.82) is 0 Å². The number of nitrogens with zero attached hydrogens (tertiary/aromatic N) is 3. The summed E-state index contributed by atoms with van der Waals surface area (Å²) >= 11 is 6.11. The number of benzene rings is 2. The molecular weight excluding hydrogens is 452 g/mol. The number of nitrogens with one attached hydrogen (secondary N) is 1. The van der Waals surface area contributed by atoms with Gasteiger partial charge in [0.25, 0.3) is 5.91 Å². The molecule has 0 aliphatic carbocycles. The number of anilines is 1. The third-order valence-electron chi connectivity index (χ3n) is 5.97. The lowest BCUT2D eigenvalue weighted by Crippen LogP contribution is -2.16. The van der Waals surface area contributed by atoms with E-state index < -0.39 is 0 Å². The molecule has 4 aromatic rings. The average Bonchev–Trinajstić information content (AvgIpc) is 3.29. The summed E-state index contributed by atoms with van der Waals surface area (Å²) < 4.78 is 13.2. The van der Waals surface area contributed by atoms with Crippen molar-refractivity contribution in [3.63, 3.8) is 0 Å². The van der Waals surface area contributed by atoms with Crippen molar-refractivity contribution in [2.45, 2.75) is 47.8 Å². The van der Waals surface area contributed by atoms with E-state index in [-0.39, 0.29) is 18.2 Å². The highest BCUT2D eigenvalue weighted by Crippen LogP contribution is 2.25. The Bertz CT molecular complexity index is 1360. The quantitative estimate of drug-likeness (QED) is 0.355. The number of amides is 1. The Morgan fingerprint density at radius 3 is 2.65 bits per heavy atom. The van der Waals surface area contributed by atoms with E-state index in [4.69, 9.17) is 20.9 Å². The normalized spacial score (nSPS) is 11.0. The van der Waals surface area contributed by atoms with E-state index in [1.165, 1.54) is 0 Å². The predicted molar refractivity (Wildman–Crippen MR) is 132 cm³/mol. The van der Waals surface area contributed by atoms with Crippen LogP contribution < -0.4 is 10.1 Å². The molecule has 0 spiro atoms. The minimum absolute atomic E-state index is 0.175. The first-order chi connectivity index (χ1) is 16.2. The Labute approximate surface area is 203 Å². The lowest BCUT2D eigenvalue weighted by Gasteiger charge is -2.11. The van der Waals surface area contributed by atoms with Gasteiger partial charge in [0.2, 0.25) is 0 Å². The molecule has 2 heterocycles. The SMILES string of the molecule is Cc1cccc(OCc2c(C(=O)Nc3c(C)nn(Cc4cccc(Cl)c4)c3C)noc2C)c1C. The van der Waals surface area contributed by atoms with Crippen molar-refractivity contribution >= 4 is 23.2 Å². The highest BCUT2D eigenvalue weighted by Gasteiger charge is 2.23. The first kappa shape index (κ1) is 23.6. The molecule has 1 N–H and O–H groups in total. The highest BCUT2D eigenvalue weighted by atomic mass is 35.5. The van der Waals surface area contributed by atoms with Gasteiger partial charge in [0, 0.05) is 5.02 Å². The van der Waals surface area contributed by atoms with Crippen LogP contribution in [0, 0.1) is 34.6 Å². The molecule has 2 aromatic heterocycles. The van der Waals surface area contributed by atoms with Crippen LogP contribution in [0.1, 0.15) is 49.9 Å². The number of hydrogen-bond acceptors (Lipinski definition) is 5. The van der Waals surface area contributed by atoms with Crippen molar-refractivity contribution in [3.05, 3.63) is 92.6 Å². The van der Waals surface area contributed by atoms with Gasteiger partial charge in [0.05, 0.1) is 29.2 Å². The van der Waals surface area contributed by atoms with Crippen molar-refractivity contribution in [3.8, 4) is 5.75 Å². The lowest BCUT2D eigenvalue weighted by molar-refractivity contribution is 0.101. The third kappa shape index (κ3) is 4.84. The Morgan fingerprint density at radius 2 is 1.88 bits per heavy atom. The van der Waals surface area contributed by atoms with Crippen LogP contribution in [0.3, 0.4) is 0 Å². The summed E-state index contributed by atoms with van der Waals surface area (Å²) in [6.45, 7) is 10.3. The molecule has 0 radical (unpaired) electrons. The molecule has 8 heteroatoms. The fourth-order valence-corrected chi connectivity index (χ4v) is 4.00. The second-order valence-electron chi connectivity index (χ2n) is 8.34. The Hall–Kier alpha value is -3.58. The van der Waals surface area contributed by atoms with Crippen molar-refractivity contribution in [1.82, 2.24) is 14.9 Å². The molecule has 2 aromatic carbocycles. The molecular formula is C26H27ClN4O3. The van der Waals surface area contributed by atoms with Crippen LogP contribution in [-0.2, 0) is 13.2 Å². The molecule has 7 nitrogen and oxygen atoms in total. The number of aryl methyl sites for hydroxylation is 3. The van der Waals surface area contributed by atoms with Crippen molar-refractivity contribution in [2.75, 3.05) is 5.32 Å². The topological polar surface area (TPSA) is 82.2 Å². The first-order valence-electron chi connectivity index (χ1n) is 11.0. The number of hydrogen-bond donors (Lipinski definition) is 1. The minimum Gasteiger partial charge on any atom is -0.488 e. The molecule has 0 unspecified atom stereocenters. The molecule has 0 saturated heterocycles. The highest BCUT2D eigenvalue weighted by molar-refractivity contribution is 6.30. The Kier molecular flexibility index (Phi) is 6.75. The van der Waals surface area contributed by atoms with Crippen LogP contribution >= 0.6 is 11.6 Å². The second kappa shape index (κ2) is 9.73. The predicted octanol–water partition coefficient (Wildman–Crippen LogP) is 5.95. The summed E-state index contributed by atoms with van der Waals surface area (Å²) in [5.41, 5.74) is 6.21. The van der Waals surface area contributed by atoms with E-state index in [9.17, 15) is 4.79 Å². The summed E-state index contributed by atoms with van der Waals surface area (Å²) in [5, 5.41) is 12.2. The van der Waals surface area contributed by atoms with E-state index in [1.807, 2.05) is 74.8 Å². The summed E-state index contributed by atoms with van der Waals surface area (Å²) in [5.74, 6) is 0.936. The van der Waals surface area contributed by atoms with Gasteiger partial charge in [-0.2, -0.15) is 5.10 Å². The number of rotatable bonds is 7. The van der Waals surface area contributed by atoms with Crippen LogP contribution in [0.25, 0.3) is 0 Å². The maximum atomic E-state index is 13.2. The molecule has 4 rings (SSSR count). The molecule has 34 heavy (non-hydrogen) atoms. The van der Waals surface area contributed by atoms with Gasteiger partial charge >= 0.3 is 0 Å². The van der Waals surface area contributed by atoms with E-state index in [2.05, 4.69) is 15.6 Å². The fraction of sp³-hybridized carbons (Fsp3) is 0.269. The van der Waals surface area contributed by atoms with Crippen LogP contribution in [0.5, 0.6) is 5.75 Å². The van der Waals surface area contributed by atoms with E-state index >= 15 is 0 Å².